The van der Waals surface area contributed by atoms with E-state index in [9.17, 15) is 9.59 Å². The summed E-state index contributed by atoms with van der Waals surface area (Å²) in [6.45, 7) is 17.5. The first kappa shape index (κ1) is 29.1. The molecule has 2 aromatic carbocycles. The molecule has 7 nitrogen and oxygen atoms in total. The number of nitrogens with two attached hydrogens (primary N) is 1. The van der Waals surface area contributed by atoms with Crippen LogP contribution < -0.4 is 5.73 Å². The second kappa shape index (κ2) is 15.8. The molecule has 3 aromatic rings. The standard InChI is InChI=1S/C12H10N2O.C9H8N2O.C3H5ClO.CH4/c1-9-8-15-12(14-9)11-5-3-4-10(6-11)7-13-2;1-11-6-7-3-2-4-8(5-7)9(10)12;1-3(5)2-4;/h3-6,8H,7H2,1H3;2-5H,6H2,(H2,10,12);2H2,1H3;1H4. The molecule has 172 valence electrons. The summed E-state index contributed by atoms with van der Waals surface area (Å²) in [5.41, 5.74) is 9.10. The number of rotatable bonds is 5. The maximum atomic E-state index is 10.7. The Morgan fingerprint density at radius 1 is 1.06 bits per heavy atom. The van der Waals surface area contributed by atoms with Crippen LogP contribution in [0.5, 0.6) is 0 Å². The third-order valence-corrected chi connectivity index (χ3v) is 4.09. The zero-order valence-electron chi connectivity index (χ0n) is 17.8. The summed E-state index contributed by atoms with van der Waals surface area (Å²) in [5, 5.41) is 0. The van der Waals surface area contributed by atoms with Crippen molar-refractivity contribution in [2.24, 2.45) is 5.73 Å². The van der Waals surface area contributed by atoms with E-state index in [2.05, 4.69) is 14.7 Å². The van der Waals surface area contributed by atoms with Crippen molar-refractivity contribution in [1.82, 2.24) is 4.98 Å². The number of aromatic nitrogens is 1. The lowest BCUT2D eigenvalue weighted by Crippen LogP contribution is -2.10. The van der Waals surface area contributed by atoms with E-state index in [4.69, 9.17) is 34.9 Å². The van der Waals surface area contributed by atoms with E-state index in [0.29, 0.717) is 24.5 Å². The average molecular weight is 467 g/mol. The first-order valence-electron chi connectivity index (χ1n) is 9.42. The molecule has 0 fully saturated rings. The van der Waals surface area contributed by atoms with Crippen LogP contribution in [0.1, 0.15) is 41.5 Å². The van der Waals surface area contributed by atoms with Crippen molar-refractivity contribution in [3.05, 3.63) is 100 Å². The number of alkyl halides is 1. The molecule has 0 spiro atoms. The topological polar surface area (TPSA) is 94.9 Å². The fraction of sp³-hybridized carbons (Fsp3) is 0.240. The Morgan fingerprint density at radius 3 is 2.06 bits per heavy atom. The van der Waals surface area contributed by atoms with Gasteiger partial charge in [-0.25, -0.2) is 18.1 Å². The zero-order chi connectivity index (χ0) is 23.9. The van der Waals surface area contributed by atoms with E-state index in [1.807, 2.05) is 31.2 Å². The van der Waals surface area contributed by atoms with Gasteiger partial charge in [0.2, 0.25) is 24.9 Å². The van der Waals surface area contributed by atoms with Gasteiger partial charge in [-0.1, -0.05) is 31.7 Å². The van der Waals surface area contributed by atoms with Crippen molar-refractivity contribution in [2.45, 2.75) is 34.4 Å². The monoisotopic (exact) mass is 466 g/mol. The first-order valence-corrected chi connectivity index (χ1v) is 9.96. The number of Topliss-reactive ketones (excluding diaryl/α,β-unsaturated/α-hetero) is 1. The second-order valence-corrected chi connectivity index (χ2v) is 6.79. The molecule has 0 bridgehead atoms. The van der Waals surface area contributed by atoms with E-state index in [1.54, 1.807) is 30.5 Å². The van der Waals surface area contributed by atoms with E-state index >= 15 is 0 Å². The lowest BCUT2D eigenvalue weighted by molar-refractivity contribution is -0.114. The SMILES string of the molecule is C.CC(=O)CCl.[C-]#[N+]Cc1cccc(-c2nc(C)co2)c1.[C-]#[N+]Cc1cccc(C(N)=O)c1. The normalized spacial score (nSPS) is 8.88. The van der Waals surface area contributed by atoms with Crippen molar-refractivity contribution in [3.63, 3.8) is 0 Å². The molecule has 8 heteroatoms. The maximum absolute atomic E-state index is 10.7. The van der Waals surface area contributed by atoms with Gasteiger partial charge >= 0.3 is 0 Å². The summed E-state index contributed by atoms with van der Waals surface area (Å²) >= 11 is 4.99. The minimum atomic E-state index is -0.457. The van der Waals surface area contributed by atoms with Gasteiger partial charge in [0.25, 0.3) is 0 Å². The third kappa shape index (κ3) is 11.3. The van der Waals surface area contributed by atoms with Crippen LogP contribution in [0.25, 0.3) is 21.1 Å². The Hall–Kier alpha value is -3.94. The zero-order valence-corrected chi connectivity index (χ0v) is 18.6. The Kier molecular flexibility index (Phi) is 13.9. The number of hydrogen-bond donors (Lipinski definition) is 1. The predicted molar refractivity (Wildman–Crippen MR) is 130 cm³/mol. The molecule has 2 N–H and O–H groups in total. The van der Waals surface area contributed by atoms with Crippen molar-refractivity contribution < 1.29 is 14.0 Å². The fourth-order valence-electron chi connectivity index (χ4n) is 2.29. The van der Waals surface area contributed by atoms with Crippen LogP contribution in [-0.2, 0) is 17.9 Å². The number of nitrogens with zero attached hydrogens (tertiary/aromatic N) is 3. The molecule has 1 amide bonds. The highest BCUT2D eigenvalue weighted by atomic mass is 35.5. The van der Waals surface area contributed by atoms with Gasteiger partial charge in [0.15, 0.2) is 0 Å². The molecule has 0 atom stereocenters. The Balaban J connectivity index is 0.000000513. The van der Waals surface area contributed by atoms with Crippen molar-refractivity contribution in [2.75, 3.05) is 5.88 Å². The van der Waals surface area contributed by atoms with E-state index in [1.165, 1.54) is 6.92 Å². The highest BCUT2D eigenvalue weighted by molar-refractivity contribution is 6.27. The average Bonchev–Trinajstić information content (AvgIpc) is 3.22. The van der Waals surface area contributed by atoms with Crippen LogP contribution in [0.4, 0.5) is 0 Å². The highest BCUT2D eigenvalue weighted by Crippen LogP contribution is 2.19. The lowest BCUT2D eigenvalue weighted by Gasteiger charge is -1.96. The van der Waals surface area contributed by atoms with Crippen LogP contribution in [0.3, 0.4) is 0 Å². The molecule has 0 saturated heterocycles. The molecule has 1 aromatic heterocycles. The number of carbonyl (C=O) groups is 2. The van der Waals surface area contributed by atoms with Gasteiger partial charge in [-0.05, 0) is 38.1 Å². The number of aryl methyl sites for hydroxylation is 1. The first-order chi connectivity index (χ1) is 15.3. The largest absolute Gasteiger partial charge is 0.444 e. The van der Waals surface area contributed by atoms with Crippen molar-refractivity contribution in [1.29, 1.82) is 0 Å². The van der Waals surface area contributed by atoms with Gasteiger partial charge in [0.05, 0.1) is 11.6 Å². The van der Waals surface area contributed by atoms with Gasteiger partial charge in [-0.15, -0.1) is 11.6 Å². The molecule has 0 aliphatic rings. The Bertz CT molecular complexity index is 1130. The summed E-state index contributed by atoms with van der Waals surface area (Å²) in [7, 11) is 0. The lowest BCUT2D eigenvalue weighted by atomic mass is 10.1. The van der Waals surface area contributed by atoms with Crippen LogP contribution in [0.2, 0.25) is 0 Å². The second-order valence-electron chi connectivity index (χ2n) is 6.53. The molecule has 1 heterocycles. The molecule has 0 aliphatic carbocycles. The minimum Gasteiger partial charge on any atom is -0.444 e. The number of primary amides is 1. The van der Waals surface area contributed by atoms with E-state index in [0.717, 1.165) is 22.4 Å². The molecule has 0 aliphatic heterocycles. The van der Waals surface area contributed by atoms with Gasteiger partial charge in [-0.2, -0.15) is 0 Å². The van der Waals surface area contributed by atoms with Crippen LogP contribution in [-0.4, -0.2) is 22.6 Å². The highest BCUT2D eigenvalue weighted by Gasteiger charge is 2.05. The van der Waals surface area contributed by atoms with Crippen LogP contribution in [0, 0.1) is 20.1 Å². The van der Waals surface area contributed by atoms with Gasteiger partial charge in [-0.3, -0.25) is 9.59 Å². The Labute approximate surface area is 199 Å². The predicted octanol–water partition coefficient (Wildman–Crippen LogP) is 5.72. The summed E-state index contributed by atoms with van der Waals surface area (Å²) in [5.74, 6) is 0.313. The number of ketones is 1. The fourth-order valence-corrected chi connectivity index (χ4v) is 2.29. The van der Waals surface area contributed by atoms with Crippen molar-refractivity contribution in [3.8, 4) is 11.5 Å². The molecular weight excluding hydrogens is 440 g/mol. The molecular formula is C25H27ClN4O3. The number of amides is 1. The van der Waals surface area contributed by atoms with Gasteiger partial charge in [0, 0.05) is 22.3 Å². The number of halogens is 1. The van der Waals surface area contributed by atoms with E-state index < -0.39 is 5.91 Å². The van der Waals surface area contributed by atoms with Crippen molar-refractivity contribution >= 4 is 23.3 Å². The summed E-state index contributed by atoms with van der Waals surface area (Å²) in [4.78, 5) is 31.2. The van der Waals surface area contributed by atoms with Crippen LogP contribution >= 0.6 is 11.6 Å². The van der Waals surface area contributed by atoms with Gasteiger partial charge < -0.3 is 19.8 Å². The maximum Gasteiger partial charge on any atom is 0.248 e. The van der Waals surface area contributed by atoms with Crippen LogP contribution in [0.15, 0.2) is 59.2 Å². The quantitative estimate of drug-likeness (QED) is 0.384. The molecule has 33 heavy (non-hydrogen) atoms. The summed E-state index contributed by atoms with van der Waals surface area (Å²) in [6, 6.07) is 14.5. The number of carbonyl (C=O) groups excluding carboxylic acids is 2. The number of hydrogen-bond acceptors (Lipinski definition) is 4. The third-order valence-electron chi connectivity index (χ3n) is 3.72. The molecule has 0 unspecified atom stereocenters. The summed E-state index contributed by atoms with van der Waals surface area (Å²) < 4.78 is 5.29. The molecule has 0 saturated carbocycles. The smallest absolute Gasteiger partial charge is 0.248 e. The number of oxazole rings is 1. The molecule has 3 rings (SSSR count). The summed E-state index contributed by atoms with van der Waals surface area (Å²) in [6.07, 6.45) is 1.62. The van der Waals surface area contributed by atoms with E-state index in [-0.39, 0.29) is 19.1 Å². The Morgan fingerprint density at radius 2 is 1.61 bits per heavy atom. The molecule has 0 radical (unpaired) electrons. The minimum absolute atomic E-state index is 0. The number of benzene rings is 2. The van der Waals surface area contributed by atoms with Gasteiger partial charge in [0.1, 0.15) is 12.0 Å².